The number of hydrogen-bond acceptors (Lipinski definition) is 4. The van der Waals surface area contributed by atoms with Crippen molar-refractivity contribution in [3.05, 3.63) is 114 Å². The molecule has 39 heavy (non-hydrogen) atoms. The van der Waals surface area contributed by atoms with Crippen molar-refractivity contribution in [2.24, 2.45) is 0 Å². The fourth-order valence-corrected chi connectivity index (χ4v) is 4.75. The number of nitrogens with one attached hydrogen (secondary N) is 1. The number of carbonyl (C=O) groups excluding carboxylic acids is 2. The lowest BCUT2D eigenvalue weighted by atomic mass is 10.1. The molecular formula is C32H32N4O3. The van der Waals surface area contributed by atoms with Crippen LogP contribution in [-0.4, -0.2) is 51.8 Å². The molecule has 2 unspecified atom stereocenters. The van der Waals surface area contributed by atoms with Gasteiger partial charge in [0.25, 0.3) is 11.8 Å². The molecule has 198 valence electrons. The van der Waals surface area contributed by atoms with Crippen LogP contribution < -0.4 is 5.32 Å². The number of morpholine rings is 1. The van der Waals surface area contributed by atoms with Crippen LogP contribution in [0, 0.1) is 6.92 Å². The van der Waals surface area contributed by atoms with E-state index in [-0.39, 0.29) is 29.7 Å². The normalized spacial score (nSPS) is 17.6. The van der Waals surface area contributed by atoms with Crippen molar-refractivity contribution < 1.29 is 14.3 Å². The summed E-state index contributed by atoms with van der Waals surface area (Å²) in [5.41, 5.74) is 4.93. The maximum atomic E-state index is 13.9. The van der Waals surface area contributed by atoms with Crippen LogP contribution >= 0.6 is 0 Å². The number of rotatable bonds is 6. The molecule has 1 aliphatic rings. The van der Waals surface area contributed by atoms with Crippen molar-refractivity contribution in [3.63, 3.8) is 0 Å². The Morgan fingerprint density at radius 2 is 1.51 bits per heavy atom. The molecule has 0 radical (unpaired) electrons. The Kier molecular flexibility index (Phi) is 7.70. The third-order valence-electron chi connectivity index (χ3n) is 6.61. The highest BCUT2D eigenvalue weighted by molar-refractivity contribution is 6.05. The number of amides is 2. The summed E-state index contributed by atoms with van der Waals surface area (Å²) in [7, 11) is 0. The fraction of sp³-hybridized carbons (Fsp3) is 0.219. The number of hydrogen-bond donors (Lipinski definition) is 1. The van der Waals surface area contributed by atoms with E-state index < -0.39 is 0 Å². The highest BCUT2D eigenvalue weighted by Gasteiger charge is 2.29. The summed E-state index contributed by atoms with van der Waals surface area (Å²) in [5.74, 6) is -0.607. The van der Waals surface area contributed by atoms with Crippen molar-refractivity contribution in [1.29, 1.82) is 0 Å². The van der Waals surface area contributed by atoms with Crippen LogP contribution in [0.1, 0.15) is 35.3 Å². The zero-order valence-corrected chi connectivity index (χ0v) is 22.4. The van der Waals surface area contributed by atoms with Crippen LogP contribution in [0.25, 0.3) is 23.0 Å². The minimum absolute atomic E-state index is 0.104. The van der Waals surface area contributed by atoms with E-state index in [0.717, 1.165) is 16.8 Å². The molecular weight excluding hydrogens is 488 g/mol. The Hall–Kier alpha value is -4.49. The number of para-hydroxylation sites is 1. The van der Waals surface area contributed by atoms with Crippen molar-refractivity contribution >= 4 is 17.9 Å². The van der Waals surface area contributed by atoms with Gasteiger partial charge in [-0.05, 0) is 51.1 Å². The molecule has 7 heteroatoms. The van der Waals surface area contributed by atoms with Crippen LogP contribution in [0.15, 0.2) is 96.8 Å². The van der Waals surface area contributed by atoms with Crippen LogP contribution in [0.5, 0.6) is 0 Å². The average molecular weight is 521 g/mol. The van der Waals surface area contributed by atoms with Gasteiger partial charge in [0.15, 0.2) is 0 Å². The second-order valence-electron chi connectivity index (χ2n) is 9.92. The van der Waals surface area contributed by atoms with E-state index in [9.17, 15) is 9.59 Å². The predicted molar refractivity (Wildman–Crippen MR) is 152 cm³/mol. The van der Waals surface area contributed by atoms with Crippen LogP contribution in [-0.2, 0) is 9.53 Å². The van der Waals surface area contributed by atoms with Gasteiger partial charge in [-0.3, -0.25) is 9.59 Å². The van der Waals surface area contributed by atoms with Crippen LogP contribution in [0.4, 0.5) is 0 Å². The highest BCUT2D eigenvalue weighted by Crippen LogP contribution is 2.26. The molecule has 4 aromatic rings. The number of nitrogens with zero attached hydrogens (tertiary/aromatic N) is 3. The largest absolute Gasteiger partial charge is 0.372 e. The first kappa shape index (κ1) is 26.1. The van der Waals surface area contributed by atoms with E-state index in [2.05, 4.69) is 5.32 Å². The third kappa shape index (κ3) is 6.16. The Labute approximate surface area is 228 Å². The average Bonchev–Trinajstić information content (AvgIpc) is 3.37. The second-order valence-corrected chi connectivity index (χ2v) is 9.92. The molecule has 3 aromatic carbocycles. The first-order valence-corrected chi connectivity index (χ1v) is 13.1. The SMILES string of the molecule is Cc1ccc(C(=O)NC(=Cc2cn(-c3ccccc3)nc2-c2ccccc2)C(=O)N2CC(C)OC(C)C2)cc1. The molecule has 1 N–H and O–H groups in total. The third-order valence-corrected chi connectivity index (χ3v) is 6.61. The van der Waals surface area contributed by atoms with E-state index in [0.29, 0.717) is 29.9 Å². The number of aryl methyl sites for hydroxylation is 1. The maximum Gasteiger partial charge on any atom is 0.270 e. The Morgan fingerprint density at radius 1 is 0.897 bits per heavy atom. The lowest BCUT2D eigenvalue weighted by Gasteiger charge is -2.35. The van der Waals surface area contributed by atoms with Crippen molar-refractivity contribution in [2.45, 2.75) is 33.0 Å². The van der Waals surface area contributed by atoms with E-state index in [1.807, 2.05) is 99.8 Å². The summed E-state index contributed by atoms with van der Waals surface area (Å²) >= 11 is 0. The smallest absolute Gasteiger partial charge is 0.270 e. The molecule has 2 amide bonds. The minimum Gasteiger partial charge on any atom is -0.372 e. The molecule has 1 aliphatic heterocycles. The Morgan fingerprint density at radius 3 is 2.15 bits per heavy atom. The fourth-order valence-electron chi connectivity index (χ4n) is 4.75. The molecule has 0 saturated carbocycles. The summed E-state index contributed by atoms with van der Waals surface area (Å²) in [6, 6.07) is 26.9. The van der Waals surface area contributed by atoms with Gasteiger partial charge in [-0.2, -0.15) is 5.10 Å². The summed E-state index contributed by atoms with van der Waals surface area (Å²) in [4.78, 5) is 28.9. The van der Waals surface area contributed by atoms with E-state index in [1.165, 1.54) is 0 Å². The zero-order chi connectivity index (χ0) is 27.4. The van der Waals surface area contributed by atoms with Gasteiger partial charge < -0.3 is 15.0 Å². The molecule has 1 fully saturated rings. The molecule has 2 heterocycles. The number of ether oxygens (including phenoxy) is 1. The summed E-state index contributed by atoms with van der Waals surface area (Å²) in [6.45, 7) is 6.74. The van der Waals surface area contributed by atoms with E-state index in [4.69, 9.17) is 9.84 Å². The number of benzene rings is 3. The predicted octanol–water partition coefficient (Wildman–Crippen LogP) is 5.25. The lowest BCUT2D eigenvalue weighted by molar-refractivity contribution is -0.139. The molecule has 5 rings (SSSR count). The Bertz CT molecular complexity index is 1470. The van der Waals surface area contributed by atoms with Crippen LogP contribution in [0.2, 0.25) is 0 Å². The molecule has 1 saturated heterocycles. The first-order valence-electron chi connectivity index (χ1n) is 13.1. The van der Waals surface area contributed by atoms with Gasteiger partial charge >= 0.3 is 0 Å². The minimum atomic E-state index is -0.347. The van der Waals surface area contributed by atoms with Gasteiger partial charge in [0, 0.05) is 36.0 Å². The second kappa shape index (κ2) is 11.5. The first-order chi connectivity index (χ1) is 18.9. The monoisotopic (exact) mass is 520 g/mol. The maximum absolute atomic E-state index is 13.9. The van der Waals surface area contributed by atoms with Crippen molar-refractivity contribution in [3.8, 4) is 16.9 Å². The zero-order valence-electron chi connectivity index (χ0n) is 22.4. The molecule has 0 bridgehead atoms. The molecule has 2 atom stereocenters. The summed E-state index contributed by atoms with van der Waals surface area (Å²) in [5, 5.41) is 7.77. The number of carbonyl (C=O) groups is 2. The molecule has 7 nitrogen and oxygen atoms in total. The van der Waals surface area contributed by atoms with Crippen molar-refractivity contribution in [2.75, 3.05) is 13.1 Å². The Balaban J connectivity index is 1.59. The van der Waals surface area contributed by atoms with Crippen molar-refractivity contribution in [1.82, 2.24) is 20.0 Å². The molecule has 0 spiro atoms. The van der Waals surface area contributed by atoms with Gasteiger partial charge in [0.2, 0.25) is 0 Å². The highest BCUT2D eigenvalue weighted by atomic mass is 16.5. The van der Waals surface area contributed by atoms with Gasteiger partial charge in [0.1, 0.15) is 11.4 Å². The summed E-state index contributed by atoms with van der Waals surface area (Å²) in [6.07, 6.45) is 3.40. The number of aromatic nitrogens is 2. The quantitative estimate of drug-likeness (QED) is 0.352. The van der Waals surface area contributed by atoms with Gasteiger partial charge in [0.05, 0.1) is 17.9 Å². The van der Waals surface area contributed by atoms with E-state index >= 15 is 0 Å². The van der Waals surface area contributed by atoms with Gasteiger partial charge in [-0.15, -0.1) is 0 Å². The summed E-state index contributed by atoms with van der Waals surface area (Å²) < 4.78 is 7.63. The topological polar surface area (TPSA) is 76.5 Å². The van der Waals surface area contributed by atoms with E-state index in [1.54, 1.807) is 27.8 Å². The molecule has 0 aliphatic carbocycles. The standard InChI is InChI=1S/C32H32N4O3/c1-22-14-16-26(17-15-22)31(37)33-29(32(38)35-19-23(2)39-24(3)20-35)18-27-21-36(28-12-8-5-9-13-28)34-30(27)25-10-6-4-7-11-25/h4-18,21,23-24H,19-20H2,1-3H3,(H,33,37). The lowest BCUT2D eigenvalue weighted by Crippen LogP contribution is -2.50. The van der Waals surface area contributed by atoms with Crippen LogP contribution in [0.3, 0.4) is 0 Å². The van der Waals surface area contributed by atoms with Gasteiger partial charge in [-0.25, -0.2) is 4.68 Å². The van der Waals surface area contributed by atoms with Gasteiger partial charge in [-0.1, -0.05) is 66.2 Å². The molecule has 1 aromatic heterocycles.